The molecule has 0 spiro atoms. The van der Waals surface area contributed by atoms with Gasteiger partial charge in [0.05, 0.1) is 33.4 Å². The number of anilines is 6. The Hall–Kier alpha value is -13.6. The van der Waals surface area contributed by atoms with Gasteiger partial charge in [0.15, 0.2) is 0 Å². The van der Waals surface area contributed by atoms with Gasteiger partial charge >= 0.3 is 0 Å². The van der Waals surface area contributed by atoms with Crippen LogP contribution >= 0.6 is 0 Å². The van der Waals surface area contributed by atoms with Crippen molar-refractivity contribution in [3.05, 3.63) is 362 Å². The summed E-state index contributed by atoms with van der Waals surface area (Å²) < 4.78 is 19.7. The Bertz CT molecular complexity index is 6710. The summed E-state index contributed by atoms with van der Waals surface area (Å²) in [6.45, 7) is 27.5. The number of fused-ring (bicyclic) bond motifs is 14. The van der Waals surface area contributed by atoms with Crippen LogP contribution in [0.15, 0.2) is 340 Å². The fraction of sp³-hybridized carbons (Fsp3) is 0.143. The highest BCUT2D eigenvalue weighted by Crippen LogP contribution is 2.54. The van der Waals surface area contributed by atoms with Crippen molar-refractivity contribution in [2.45, 2.75) is 105 Å². The van der Waals surface area contributed by atoms with E-state index in [4.69, 9.17) is 9.47 Å². The molecule has 6 nitrogen and oxygen atoms in total. The lowest BCUT2D eigenvalue weighted by Crippen LogP contribution is -2.61. The van der Waals surface area contributed by atoms with E-state index in [1.54, 1.807) is 0 Å². The summed E-state index contributed by atoms with van der Waals surface area (Å²) in [7, 11) is 0. The molecule has 0 amide bonds. The Morgan fingerprint density at radius 2 is 0.542 bits per heavy atom. The van der Waals surface area contributed by atoms with Gasteiger partial charge in [0.2, 0.25) is 0 Å². The summed E-state index contributed by atoms with van der Waals surface area (Å²) in [5.41, 5.74) is 35.9. The van der Waals surface area contributed by atoms with Crippen LogP contribution in [0.5, 0.6) is 23.0 Å². The van der Waals surface area contributed by atoms with Crippen LogP contribution in [0.4, 0.5) is 34.1 Å². The molecule has 18 aromatic rings. The second-order valence-corrected chi connectivity index (χ2v) is 37.6. The number of nitrogens with zero attached hydrogens (tertiary/aromatic N) is 4. The average molecular weight is 1550 g/mol. The van der Waals surface area contributed by atoms with Crippen molar-refractivity contribution in [1.82, 2.24) is 9.13 Å². The molecule has 2 aromatic heterocycles. The molecular formula is C112H92B2N4O2. The summed E-state index contributed by atoms with van der Waals surface area (Å²) in [6, 6.07) is 129. The summed E-state index contributed by atoms with van der Waals surface area (Å²) in [5.74, 6) is 3.24. The number of para-hydroxylation sites is 2. The lowest BCUT2D eigenvalue weighted by atomic mass is 9.33. The first-order chi connectivity index (χ1) is 58.0. The Labute approximate surface area is 704 Å². The van der Waals surface area contributed by atoms with Crippen LogP contribution in [0.1, 0.15) is 105 Å². The van der Waals surface area contributed by atoms with Gasteiger partial charge in [0, 0.05) is 72.3 Å². The van der Waals surface area contributed by atoms with Crippen molar-refractivity contribution in [3.63, 3.8) is 0 Å². The molecule has 0 atom stereocenters. The van der Waals surface area contributed by atoms with Crippen LogP contribution in [0.3, 0.4) is 0 Å². The zero-order valence-corrected chi connectivity index (χ0v) is 70.1. The first-order valence-electron chi connectivity index (χ1n) is 42.5. The molecule has 6 heterocycles. The number of rotatable bonds is 9. The van der Waals surface area contributed by atoms with Crippen molar-refractivity contribution in [2.24, 2.45) is 0 Å². The second kappa shape index (κ2) is 27.0. The molecule has 0 aliphatic carbocycles. The van der Waals surface area contributed by atoms with Gasteiger partial charge in [-0.1, -0.05) is 289 Å². The second-order valence-electron chi connectivity index (χ2n) is 37.6. The molecule has 22 rings (SSSR count). The first kappa shape index (κ1) is 72.9. The molecular weight excluding hydrogens is 1450 g/mol. The molecule has 0 saturated carbocycles. The third-order valence-corrected chi connectivity index (χ3v) is 26.0. The normalized spacial score (nSPS) is 13.4. The van der Waals surface area contributed by atoms with E-state index in [0.717, 1.165) is 163 Å². The highest BCUT2D eigenvalue weighted by Gasteiger charge is 2.47. The predicted molar refractivity (Wildman–Crippen MR) is 509 cm³/mol. The quantitative estimate of drug-likeness (QED) is 0.135. The standard InChI is InChI=1S/C112H92B2N4O2/c1-109(2,3)77-43-53-95-85(63-77)86-64-78(110(4,5)6)44-54-96(86)115(95)81-47-49-89-99(67-81)117(93-51-41-73(69-29-17-13-18-30-69)57-83(93)71-33-21-15-22-34-71)101-59-75(76-61-105-108-106(62-76)120-104-40-28-26-38-92(104)114(108)91-37-25-27-39-103(91)119-105)60-102-107(101)113(89)90-50-48-82(116-97-55-45-79(111(7,8)9)65-87(97)88-66-80(112(10,11)12)46-56-98(88)116)68-100(90)118(102)94-52-42-74(70-31-19-14-20-32-70)58-84(94)72-35-23-16-24-36-72/h13-68H,1-12H3. The van der Waals surface area contributed by atoms with Gasteiger partial charge in [-0.2, -0.15) is 0 Å². The molecule has 0 N–H and O–H groups in total. The molecule has 578 valence electrons. The van der Waals surface area contributed by atoms with Crippen LogP contribution in [0.2, 0.25) is 0 Å². The molecule has 0 unspecified atom stereocenters. The van der Waals surface area contributed by atoms with Gasteiger partial charge in [0.1, 0.15) is 23.0 Å². The van der Waals surface area contributed by atoms with Gasteiger partial charge in [-0.3, -0.25) is 0 Å². The fourth-order valence-electron chi connectivity index (χ4n) is 19.7. The van der Waals surface area contributed by atoms with Crippen LogP contribution in [-0.4, -0.2) is 22.6 Å². The van der Waals surface area contributed by atoms with E-state index < -0.39 is 0 Å². The van der Waals surface area contributed by atoms with Gasteiger partial charge in [0.25, 0.3) is 13.4 Å². The number of ether oxygens (including phenoxy) is 2. The van der Waals surface area contributed by atoms with E-state index in [-0.39, 0.29) is 35.1 Å². The Morgan fingerprint density at radius 3 is 0.900 bits per heavy atom. The summed E-state index contributed by atoms with van der Waals surface area (Å²) in [6.07, 6.45) is 0. The molecule has 0 saturated heterocycles. The van der Waals surface area contributed by atoms with Crippen molar-refractivity contribution in [3.8, 4) is 90.0 Å². The number of hydrogen-bond acceptors (Lipinski definition) is 4. The van der Waals surface area contributed by atoms with E-state index in [1.165, 1.54) is 60.2 Å². The summed E-state index contributed by atoms with van der Waals surface area (Å²) in [5, 5.41) is 4.97. The minimum absolute atomic E-state index is 0.0825. The number of benzene rings is 16. The van der Waals surface area contributed by atoms with E-state index >= 15 is 0 Å². The van der Waals surface area contributed by atoms with Crippen LogP contribution in [0.25, 0.3) is 111 Å². The van der Waals surface area contributed by atoms with E-state index in [2.05, 4.69) is 442 Å². The minimum atomic E-state index is -0.314. The van der Waals surface area contributed by atoms with Crippen LogP contribution < -0.4 is 52.1 Å². The van der Waals surface area contributed by atoms with Gasteiger partial charge < -0.3 is 28.4 Å². The monoisotopic (exact) mass is 1550 g/mol. The minimum Gasteiger partial charge on any atom is -0.458 e. The third kappa shape index (κ3) is 11.7. The molecule has 8 heteroatoms. The fourth-order valence-corrected chi connectivity index (χ4v) is 19.7. The molecule has 0 fully saturated rings. The number of aromatic nitrogens is 2. The van der Waals surface area contributed by atoms with Crippen molar-refractivity contribution in [1.29, 1.82) is 0 Å². The molecule has 4 aliphatic rings. The largest absolute Gasteiger partial charge is 0.458 e. The lowest BCUT2D eigenvalue weighted by Gasteiger charge is -2.45. The zero-order valence-electron chi connectivity index (χ0n) is 70.1. The smallest absolute Gasteiger partial charge is 0.260 e. The summed E-state index contributed by atoms with van der Waals surface area (Å²) >= 11 is 0. The number of hydrogen-bond donors (Lipinski definition) is 0. The maximum Gasteiger partial charge on any atom is 0.260 e. The first-order valence-corrected chi connectivity index (χ1v) is 42.5. The van der Waals surface area contributed by atoms with Crippen LogP contribution in [-0.2, 0) is 21.7 Å². The Balaban J connectivity index is 0.889. The highest BCUT2D eigenvalue weighted by molar-refractivity contribution is 7.00. The molecule has 0 radical (unpaired) electrons. The Kier molecular flexibility index (Phi) is 16.4. The van der Waals surface area contributed by atoms with Crippen molar-refractivity contribution < 1.29 is 9.47 Å². The molecule has 120 heavy (non-hydrogen) atoms. The average Bonchev–Trinajstić information content (AvgIpc) is 0.982. The van der Waals surface area contributed by atoms with Crippen LogP contribution in [0, 0.1) is 0 Å². The SMILES string of the molecule is CC(C)(C)c1ccc2c(c1)c1cc(C(C)(C)C)ccc1n2-c1ccc2c(c1)N(c1ccc(-c3ccccc3)cc1-c1ccccc1)c1cc(-c3cc4c5c(c3)Oc3ccccc3B5c3ccccc3O4)cc3c1B2c1ccc(-n2c4ccc(C(C)(C)C)cc4c4cc(C(C)(C)C)ccc42)cc1N3c1ccc(-c2ccccc2)cc1-c1ccccc1. The molecule has 4 aliphatic heterocycles. The van der Waals surface area contributed by atoms with Gasteiger partial charge in [-0.25, -0.2) is 0 Å². The topological polar surface area (TPSA) is 34.8 Å². The van der Waals surface area contributed by atoms with Crippen molar-refractivity contribution >= 4 is 124 Å². The lowest BCUT2D eigenvalue weighted by molar-refractivity contribution is 0.465. The predicted octanol–water partition coefficient (Wildman–Crippen LogP) is 26.2. The third-order valence-electron chi connectivity index (χ3n) is 26.0. The van der Waals surface area contributed by atoms with E-state index in [1.807, 2.05) is 0 Å². The Morgan fingerprint density at radius 1 is 0.217 bits per heavy atom. The maximum atomic E-state index is 7.30. The van der Waals surface area contributed by atoms with E-state index in [9.17, 15) is 0 Å². The van der Waals surface area contributed by atoms with Gasteiger partial charge in [-0.05, 0) is 249 Å². The van der Waals surface area contributed by atoms with Gasteiger partial charge in [-0.15, -0.1) is 0 Å². The molecule has 16 aromatic carbocycles. The summed E-state index contributed by atoms with van der Waals surface area (Å²) in [4.78, 5) is 5.31. The van der Waals surface area contributed by atoms with Crippen molar-refractivity contribution in [2.75, 3.05) is 9.80 Å². The van der Waals surface area contributed by atoms with E-state index in [0.29, 0.717) is 0 Å². The maximum absolute atomic E-state index is 7.30. The highest BCUT2D eigenvalue weighted by atomic mass is 16.5. The zero-order chi connectivity index (χ0) is 81.6. The molecule has 0 bridgehead atoms.